The van der Waals surface area contributed by atoms with Gasteiger partial charge in [-0.2, -0.15) is 4.98 Å². The Kier molecular flexibility index (Phi) is 4.39. The number of aromatic nitrogens is 3. The van der Waals surface area contributed by atoms with Crippen LogP contribution in [0.1, 0.15) is 31.2 Å². The van der Waals surface area contributed by atoms with Gasteiger partial charge in [0.2, 0.25) is 6.35 Å². The molecule has 29 heavy (non-hydrogen) atoms. The van der Waals surface area contributed by atoms with Gasteiger partial charge in [0.25, 0.3) is 0 Å². The molecule has 1 N–H and O–H groups in total. The molecular formula is C22H25N5O2. The minimum atomic E-state index is -0.780. The molecule has 0 spiro atoms. The lowest BCUT2D eigenvalue weighted by atomic mass is 10.0. The Morgan fingerprint density at radius 3 is 2.69 bits per heavy atom. The first-order chi connectivity index (χ1) is 14.2. The van der Waals surface area contributed by atoms with Crippen molar-refractivity contribution in [1.29, 1.82) is 0 Å². The minimum Gasteiger partial charge on any atom is -0.426 e. The van der Waals surface area contributed by atoms with E-state index in [0.717, 1.165) is 41.5 Å². The summed E-state index contributed by atoms with van der Waals surface area (Å²) >= 11 is 0. The van der Waals surface area contributed by atoms with Crippen LogP contribution >= 0.6 is 0 Å². The van der Waals surface area contributed by atoms with Crippen LogP contribution in [-0.4, -0.2) is 32.5 Å². The van der Waals surface area contributed by atoms with Crippen LogP contribution in [0.5, 0.6) is 11.8 Å². The highest BCUT2D eigenvalue weighted by molar-refractivity contribution is 5.79. The number of hydrogen-bond donors (Lipinski definition) is 1. The number of ether oxygens (including phenoxy) is 1. The summed E-state index contributed by atoms with van der Waals surface area (Å²) in [5.41, 5.74) is 4.24. The molecule has 0 saturated carbocycles. The Morgan fingerprint density at radius 2 is 1.93 bits per heavy atom. The second-order valence-electron chi connectivity index (χ2n) is 7.50. The fourth-order valence-electron chi connectivity index (χ4n) is 4.29. The molecule has 0 fully saturated rings. The average Bonchev–Trinajstić information content (AvgIpc) is 3.22. The molecule has 0 bridgehead atoms. The van der Waals surface area contributed by atoms with E-state index in [-0.39, 0.29) is 0 Å². The van der Waals surface area contributed by atoms with E-state index in [1.807, 2.05) is 60.2 Å². The number of benzene rings is 1. The van der Waals surface area contributed by atoms with Crippen molar-refractivity contribution in [3.05, 3.63) is 54.0 Å². The number of hydrogen-bond acceptors (Lipinski definition) is 6. The number of rotatable bonds is 4. The molecule has 3 heterocycles. The molecule has 1 aromatic carbocycles. The number of imidazole rings is 1. The van der Waals surface area contributed by atoms with Crippen molar-refractivity contribution >= 4 is 17.2 Å². The van der Waals surface area contributed by atoms with Crippen molar-refractivity contribution in [3.63, 3.8) is 0 Å². The lowest BCUT2D eigenvalue weighted by Gasteiger charge is -2.27. The van der Waals surface area contributed by atoms with Gasteiger partial charge in [-0.15, -0.1) is 0 Å². The van der Waals surface area contributed by atoms with Gasteiger partial charge in [-0.05, 0) is 69.0 Å². The van der Waals surface area contributed by atoms with Crippen molar-refractivity contribution in [2.75, 3.05) is 16.3 Å². The van der Waals surface area contributed by atoms with Crippen molar-refractivity contribution in [3.8, 4) is 11.8 Å². The van der Waals surface area contributed by atoms with Crippen LogP contribution in [0, 0.1) is 0 Å². The number of aliphatic hydroxyl groups is 1. The van der Waals surface area contributed by atoms with E-state index in [0.29, 0.717) is 12.6 Å². The van der Waals surface area contributed by atoms with Crippen LogP contribution in [0.15, 0.2) is 42.6 Å². The molecular weight excluding hydrogens is 366 g/mol. The molecule has 7 heteroatoms. The van der Waals surface area contributed by atoms with Crippen molar-refractivity contribution in [1.82, 2.24) is 14.5 Å². The number of aliphatic hydroxyl groups excluding tert-OH is 1. The van der Waals surface area contributed by atoms with Gasteiger partial charge in [-0.3, -0.25) is 4.90 Å². The predicted molar refractivity (Wildman–Crippen MR) is 112 cm³/mol. The highest BCUT2D eigenvalue weighted by Gasteiger charge is 2.35. The maximum absolute atomic E-state index is 10.8. The third-order valence-electron chi connectivity index (χ3n) is 5.81. The van der Waals surface area contributed by atoms with E-state index in [1.165, 1.54) is 18.5 Å². The molecule has 2 aromatic heterocycles. The lowest BCUT2D eigenvalue weighted by Crippen LogP contribution is -2.40. The van der Waals surface area contributed by atoms with Crippen molar-refractivity contribution in [2.24, 2.45) is 7.05 Å². The maximum atomic E-state index is 10.8. The van der Waals surface area contributed by atoms with Crippen LogP contribution in [0.3, 0.4) is 0 Å². The molecule has 0 amide bonds. The molecule has 1 atom stereocenters. The van der Waals surface area contributed by atoms with Crippen LogP contribution in [0.25, 0.3) is 0 Å². The molecule has 1 unspecified atom stereocenters. The molecule has 3 aromatic rings. The number of nitrogens with zero attached hydrogens (tertiary/aromatic N) is 5. The highest BCUT2D eigenvalue weighted by atomic mass is 16.5. The third kappa shape index (κ3) is 2.93. The molecule has 7 nitrogen and oxygen atoms in total. The largest absolute Gasteiger partial charge is 0.426 e. The Morgan fingerprint density at radius 1 is 1.14 bits per heavy atom. The van der Waals surface area contributed by atoms with Gasteiger partial charge >= 0.3 is 6.01 Å². The summed E-state index contributed by atoms with van der Waals surface area (Å²) in [5, 5.41) is 10.8. The summed E-state index contributed by atoms with van der Waals surface area (Å²) in [4.78, 5) is 12.9. The van der Waals surface area contributed by atoms with Gasteiger partial charge in [-0.25, -0.2) is 4.98 Å². The number of aryl methyl sites for hydroxylation is 1. The molecule has 1 aliphatic heterocycles. The van der Waals surface area contributed by atoms with E-state index < -0.39 is 6.35 Å². The summed E-state index contributed by atoms with van der Waals surface area (Å²) in [5.74, 6) is 1.48. The zero-order chi connectivity index (χ0) is 20.0. The van der Waals surface area contributed by atoms with E-state index in [9.17, 15) is 5.11 Å². The van der Waals surface area contributed by atoms with Crippen LogP contribution < -0.4 is 14.5 Å². The topological polar surface area (TPSA) is 66.7 Å². The first kappa shape index (κ1) is 18.0. The first-order valence-electron chi connectivity index (χ1n) is 10.2. The van der Waals surface area contributed by atoms with Crippen molar-refractivity contribution in [2.45, 2.75) is 39.0 Å². The second-order valence-corrected chi connectivity index (χ2v) is 7.50. The van der Waals surface area contributed by atoms with E-state index in [4.69, 9.17) is 4.74 Å². The fourth-order valence-corrected chi connectivity index (χ4v) is 4.29. The van der Waals surface area contributed by atoms with Gasteiger partial charge in [0.05, 0.1) is 11.4 Å². The molecule has 0 radical (unpaired) electrons. The quantitative estimate of drug-likeness (QED) is 0.731. The van der Waals surface area contributed by atoms with Crippen LogP contribution in [0.4, 0.5) is 17.2 Å². The van der Waals surface area contributed by atoms with E-state index in [1.54, 1.807) is 6.20 Å². The maximum Gasteiger partial charge on any atom is 0.302 e. The molecule has 2 aliphatic rings. The fraction of sp³-hybridized carbons (Fsp3) is 0.364. The summed E-state index contributed by atoms with van der Waals surface area (Å²) in [7, 11) is 2.02. The Balaban J connectivity index is 1.41. The Labute approximate surface area is 170 Å². The molecule has 150 valence electrons. The standard InChI is InChI=1S/C22H25N5O2/c1-3-26-19-9-6-14-23-20(19)27(22(26)28)15-10-12-16(13-11-15)29-21-24-17-7-4-5-8-18(17)25(21)2/h6,9-14,22,28H,3-5,7-8H2,1-2H3. The average molecular weight is 391 g/mol. The lowest BCUT2D eigenvalue weighted by molar-refractivity contribution is 0.184. The zero-order valence-electron chi connectivity index (χ0n) is 16.7. The Bertz CT molecular complexity index is 1030. The highest BCUT2D eigenvalue weighted by Crippen LogP contribution is 2.41. The third-order valence-corrected chi connectivity index (χ3v) is 5.81. The van der Waals surface area contributed by atoms with Gasteiger partial charge in [-0.1, -0.05) is 0 Å². The van der Waals surface area contributed by atoms with Crippen LogP contribution in [0.2, 0.25) is 0 Å². The summed E-state index contributed by atoms with van der Waals surface area (Å²) in [6.07, 6.45) is 5.47. The van der Waals surface area contributed by atoms with Gasteiger partial charge in [0.15, 0.2) is 5.82 Å². The minimum absolute atomic E-state index is 0.634. The molecule has 5 rings (SSSR count). The number of anilines is 3. The van der Waals surface area contributed by atoms with Gasteiger partial charge < -0.3 is 19.3 Å². The summed E-state index contributed by atoms with van der Waals surface area (Å²) in [6.45, 7) is 2.72. The van der Waals surface area contributed by atoms with E-state index in [2.05, 4.69) is 14.5 Å². The Hall–Kier alpha value is -3.06. The van der Waals surface area contributed by atoms with E-state index >= 15 is 0 Å². The monoisotopic (exact) mass is 391 g/mol. The smallest absolute Gasteiger partial charge is 0.302 e. The summed E-state index contributed by atoms with van der Waals surface area (Å²) in [6, 6.07) is 12.2. The van der Waals surface area contributed by atoms with Gasteiger partial charge in [0, 0.05) is 31.2 Å². The van der Waals surface area contributed by atoms with Crippen molar-refractivity contribution < 1.29 is 9.84 Å². The van der Waals surface area contributed by atoms with Gasteiger partial charge in [0.1, 0.15) is 5.75 Å². The number of pyridine rings is 1. The zero-order valence-corrected chi connectivity index (χ0v) is 16.7. The normalized spacial score (nSPS) is 18.0. The van der Waals surface area contributed by atoms with Crippen LogP contribution in [-0.2, 0) is 19.9 Å². The molecule has 0 saturated heterocycles. The predicted octanol–water partition coefficient (Wildman–Crippen LogP) is 3.74. The number of fused-ring (bicyclic) bond motifs is 2. The SMILES string of the molecule is CCN1c2cccnc2N(c2ccc(Oc3nc4c(n3C)CCCC4)cc2)C1O. The first-order valence-corrected chi connectivity index (χ1v) is 10.2. The second kappa shape index (κ2) is 7.08. The summed E-state index contributed by atoms with van der Waals surface area (Å²) < 4.78 is 8.12. The molecule has 1 aliphatic carbocycles.